The Labute approximate surface area is 195 Å². The minimum Gasteiger partial charge on any atom is -0.456 e. The Bertz CT molecular complexity index is 1210. The van der Waals surface area contributed by atoms with Gasteiger partial charge in [0.2, 0.25) is 5.91 Å². The maximum atomic E-state index is 12.9. The van der Waals surface area contributed by atoms with Crippen LogP contribution in [0.25, 0.3) is 11.1 Å². The minimum atomic E-state index is -0.622. The molecule has 0 heterocycles. The topological polar surface area (TPSA) is 72.5 Å². The number of carbonyl (C=O) groups is 3. The number of anilines is 1. The van der Waals surface area contributed by atoms with Crippen LogP contribution in [0.4, 0.5) is 10.1 Å². The average Bonchev–Trinajstić information content (AvgIpc) is 3.20. The number of hydrogen-bond acceptors (Lipinski definition) is 5. The summed E-state index contributed by atoms with van der Waals surface area (Å²) >= 11 is 1.10. The summed E-state index contributed by atoms with van der Waals surface area (Å²) in [4.78, 5) is 36.9. The van der Waals surface area contributed by atoms with E-state index in [-0.39, 0.29) is 24.1 Å². The van der Waals surface area contributed by atoms with Crippen LogP contribution in [-0.2, 0) is 20.7 Å². The molecule has 1 amide bonds. The number of fused-ring (bicyclic) bond motifs is 3. The molecule has 33 heavy (non-hydrogen) atoms. The fourth-order valence-electron chi connectivity index (χ4n) is 3.63. The van der Waals surface area contributed by atoms with E-state index in [0.29, 0.717) is 11.3 Å². The first kappa shape index (κ1) is 22.7. The van der Waals surface area contributed by atoms with Gasteiger partial charge in [-0.1, -0.05) is 36.4 Å². The Morgan fingerprint density at radius 2 is 1.73 bits per heavy atom. The van der Waals surface area contributed by atoms with Crippen LogP contribution >= 0.6 is 11.8 Å². The number of thioether (sulfide) groups is 1. The number of halogens is 1. The van der Waals surface area contributed by atoms with Gasteiger partial charge in [0.05, 0.1) is 5.75 Å². The zero-order valence-electron chi connectivity index (χ0n) is 18.0. The van der Waals surface area contributed by atoms with E-state index in [1.54, 1.807) is 13.0 Å². The van der Waals surface area contributed by atoms with Crippen molar-refractivity contribution in [2.75, 3.05) is 17.7 Å². The average molecular weight is 464 g/mol. The summed E-state index contributed by atoms with van der Waals surface area (Å²) in [7, 11) is 0. The van der Waals surface area contributed by atoms with Gasteiger partial charge in [-0.05, 0) is 65.9 Å². The fourth-order valence-corrected chi connectivity index (χ4v) is 4.31. The van der Waals surface area contributed by atoms with Crippen molar-refractivity contribution in [2.24, 2.45) is 0 Å². The van der Waals surface area contributed by atoms with Gasteiger partial charge in [0, 0.05) is 11.3 Å². The molecule has 0 saturated carbocycles. The van der Waals surface area contributed by atoms with Gasteiger partial charge < -0.3 is 10.1 Å². The predicted octanol–water partition coefficient (Wildman–Crippen LogP) is 4.88. The lowest BCUT2D eigenvalue weighted by Gasteiger charge is -2.11. The van der Waals surface area contributed by atoms with Crippen molar-refractivity contribution >= 4 is 35.1 Å². The van der Waals surface area contributed by atoms with E-state index in [1.807, 2.05) is 30.3 Å². The van der Waals surface area contributed by atoms with Crippen molar-refractivity contribution in [3.05, 3.63) is 89.2 Å². The molecule has 5 nitrogen and oxygen atoms in total. The number of ketones is 1. The lowest BCUT2D eigenvalue weighted by atomic mass is 10.0. The third kappa shape index (κ3) is 5.49. The van der Waals surface area contributed by atoms with Gasteiger partial charge in [0.25, 0.3) is 0 Å². The highest BCUT2D eigenvalue weighted by Gasteiger charge is 2.21. The van der Waals surface area contributed by atoms with Crippen LogP contribution in [0.15, 0.2) is 66.7 Å². The Morgan fingerprint density at radius 3 is 2.52 bits per heavy atom. The van der Waals surface area contributed by atoms with Crippen LogP contribution in [0, 0.1) is 5.82 Å². The van der Waals surface area contributed by atoms with Crippen molar-refractivity contribution < 1.29 is 23.5 Å². The second kappa shape index (κ2) is 10.0. The SMILES string of the molecule is CC(SCC(=O)Nc1ccc(F)cc1)C(=O)OCC(=O)c1ccc2c(c1)-c1ccccc1C2. The van der Waals surface area contributed by atoms with E-state index in [4.69, 9.17) is 4.74 Å². The van der Waals surface area contributed by atoms with Crippen molar-refractivity contribution in [1.29, 1.82) is 0 Å². The van der Waals surface area contributed by atoms with E-state index >= 15 is 0 Å². The van der Waals surface area contributed by atoms with E-state index in [9.17, 15) is 18.8 Å². The summed E-state index contributed by atoms with van der Waals surface area (Å²) in [5, 5.41) is 2.01. The maximum Gasteiger partial charge on any atom is 0.319 e. The summed E-state index contributed by atoms with van der Waals surface area (Å²) in [5.41, 5.74) is 5.55. The second-order valence-electron chi connectivity index (χ2n) is 7.75. The zero-order chi connectivity index (χ0) is 23.4. The number of amides is 1. The third-order valence-electron chi connectivity index (χ3n) is 5.39. The Hall–Kier alpha value is -3.45. The monoisotopic (exact) mass is 463 g/mol. The Balaban J connectivity index is 1.26. The van der Waals surface area contributed by atoms with Crippen molar-refractivity contribution in [3.8, 4) is 11.1 Å². The minimum absolute atomic E-state index is 0.0197. The number of esters is 1. The van der Waals surface area contributed by atoms with Gasteiger partial charge in [-0.25, -0.2) is 4.39 Å². The Kier molecular flexibility index (Phi) is 6.89. The van der Waals surface area contributed by atoms with Gasteiger partial charge >= 0.3 is 5.97 Å². The van der Waals surface area contributed by atoms with E-state index in [0.717, 1.165) is 29.3 Å². The summed E-state index contributed by atoms with van der Waals surface area (Å²) in [6.45, 7) is 1.26. The van der Waals surface area contributed by atoms with Gasteiger partial charge in [-0.2, -0.15) is 0 Å². The van der Waals surface area contributed by atoms with Gasteiger partial charge in [-0.15, -0.1) is 11.8 Å². The summed E-state index contributed by atoms with van der Waals surface area (Å²) < 4.78 is 18.1. The molecule has 0 fully saturated rings. The van der Waals surface area contributed by atoms with Gasteiger partial charge in [-0.3, -0.25) is 14.4 Å². The molecule has 3 aromatic carbocycles. The third-order valence-corrected chi connectivity index (χ3v) is 6.51. The van der Waals surface area contributed by atoms with Crippen molar-refractivity contribution in [1.82, 2.24) is 0 Å². The molecule has 0 aromatic heterocycles. The molecule has 168 valence electrons. The van der Waals surface area contributed by atoms with E-state index in [1.165, 1.54) is 35.4 Å². The molecular weight excluding hydrogens is 441 g/mol. The highest BCUT2D eigenvalue weighted by molar-refractivity contribution is 8.01. The lowest BCUT2D eigenvalue weighted by Crippen LogP contribution is -2.23. The molecule has 0 aliphatic heterocycles. The number of nitrogens with one attached hydrogen (secondary N) is 1. The summed E-state index contributed by atoms with van der Waals surface area (Å²) in [6.07, 6.45) is 0.846. The standard InChI is InChI=1S/C26H22FNO4S/c1-16(33-15-25(30)28-21-10-8-20(27)9-11-21)26(31)32-14-24(29)19-7-6-18-12-17-4-2-3-5-22(17)23(18)13-19/h2-11,13,16H,12,14-15H2,1H3,(H,28,30). The van der Waals surface area contributed by atoms with E-state index < -0.39 is 17.0 Å². The maximum absolute atomic E-state index is 12.9. The van der Waals surface area contributed by atoms with Crippen LogP contribution in [0.3, 0.4) is 0 Å². The van der Waals surface area contributed by atoms with Gasteiger partial charge in [0.1, 0.15) is 11.1 Å². The molecular formula is C26H22FNO4S. The smallest absolute Gasteiger partial charge is 0.319 e. The number of benzene rings is 3. The highest BCUT2D eigenvalue weighted by atomic mass is 32.2. The molecule has 0 saturated heterocycles. The molecule has 1 atom stereocenters. The molecule has 3 aromatic rings. The molecule has 1 N–H and O–H groups in total. The van der Waals surface area contributed by atoms with Crippen molar-refractivity contribution in [3.63, 3.8) is 0 Å². The quantitative estimate of drug-likeness (QED) is 0.298. The van der Waals surface area contributed by atoms with Crippen LogP contribution in [0.1, 0.15) is 28.4 Å². The molecule has 0 bridgehead atoms. The molecule has 4 rings (SSSR count). The van der Waals surface area contributed by atoms with Gasteiger partial charge in [0.15, 0.2) is 12.4 Å². The van der Waals surface area contributed by atoms with E-state index in [2.05, 4.69) is 11.4 Å². The fraction of sp³-hybridized carbons (Fsp3) is 0.192. The number of carbonyl (C=O) groups excluding carboxylic acids is 3. The zero-order valence-corrected chi connectivity index (χ0v) is 18.8. The number of hydrogen-bond donors (Lipinski definition) is 1. The number of ether oxygens (including phenoxy) is 1. The molecule has 1 unspecified atom stereocenters. The number of Topliss-reactive ketones (excluding diaryl/α,β-unsaturated/α-hetero) is 1. The first-order valence-electron chi connectivity index (χ1n) is 10.5. The number of rotatable bonds is 8. The first-order valence-corrected chi connectivity index (χ1v) is 11.5. The van der Waals surface area contributed by atoms with Crippen LogP contribution in [0.5, 0.6) is 0 Å². The molecule has 1 aliphatic rings. The lowest BCUT2D eigenvalue weighted by molar-refractivity contribution is -0.141. The largest absolute Gasteiger partial charge is 0.456 e. The molecule has 7 heteroatoms. The predicted molar refractivity (Wildman–Crippen MR) is 127 cm³/mol. The normalized spacial score (nSPS) is 12.4. The van der Waals surface area contributed by atoms with Crippen LogP contribution in [-0.4, -0.2) is 35.3 Å². The summed E-state index contributed by atoms with van der Waals surface area (Å²) in [6, 6.07) is 19.1. The van der Waals surface area contributed by atoms with Crippen LogP contribution in [0.2, 0.25) is 0 Å². The highest BCUT2D eigenvalue weighted by Crippen LogP contribution is 2.36. The second-order valence-corrected chi connectivity index (χ2v) is 9.07. The van der Waals surface area contributed by atoms with Crippen molar-refractivity contribution in [2.45, 2.75) is 18.6 Å². The first-order chi connectivity index (χ1) is 15.9. The Morgan fingerprint density at radius 1 is 1.00 bits per heavy atom. The molecule has 0 radical (unpaired) electrons. The van der Waals surface area contributed by atoms with Crippen LogP contribution < -0.4 is 5.32 Å². The molecule has 0 spiro atoms. The summed E-state index contributed by atoms with van der Waals surface area (Å²) in [5.74, 6) is -1.53. The molecule has 1 aliphatic carbocycles.